The molecule has 2 rings (SSSR count). The van der Waals surface area contributed by atoms with Crippen LogP contribution in [0.1, 0.15) is 37.7 Å². The molecule has 0 aromatic carbocycles. The van der Waals surface area contributed by atoms with Gasteiger partial charge >= 0.3 is 0 Å². The summed E-state index contributed by atoms with van der Waals surface area (Å²) in [6.45, 7) is 7.86. The monoisotopic (exact) mass is 248 g/mol. The molecule has 2 unspecified atom stereocenters. The Morgan fingerprint density at radius 2 is 2.22 bits per heavy atom. The van der Waals surface area contributed by atoms with Gasteiger partial charge in [-0.2, -0.15) is 0 Å². The van der Waals surface area contributed by atoms with Gasteiger partial charge in [-0.3, -0.25) is 4.79 Å². The zero-order valence-corrected chi connectivity index (χ0v) is 11.2. The van der Waals surface area contributed by atoms with E-state index < -0.39 is 0 Å². The zero-order valence-electron chi connectivity index (χ0n) is 11.2. The summed E-state index contributed by atoms with van der Waals surface area (Å²) in [6, 6.07) is 3.83. The molecule has 1 aromatic rings. The molecule has 5 nitrogen and oxygen atoms in total. The molecule has 0 radical (unpaired) electrons. The average Bonchev–Trinajstić information content (AvgIpc) is 2.69. The van der Waals surface area contributed by atoms with Gasteiger partial charge in [0, 0.05) is 19.1 Å². The fourth-order valence-corrected chi connectivity index (χ4v) is 2.45. The first-order chi connectivity index (χ1) is 8.61. The summed E-state index contributed by atoms with van der Waals surface area (Å²) in [7, 11) is 0. The summed E-state index contributed by atoms with van der Waals surface area (Å²) >= 11 is 0. The minimum absolute atomic E-state index is 0.0117. The number of nitrogens with zero attached hydrogens (tertiary/aromatic N) is 3. The third-order valence-electron chi connectivity index (χ3n) is 3.29. The molecule has 1 saturated heterocycles. The van der Waals surface area contributed by atoms with Gasteiger partial charge in [-0.15, -0.1) is 10.2 Å². The highest BCUT2D eigenvalue weighted by Crippen LogP contribution is 2.23. The van der Waals surface area contributed by atoms with E-state index in [1.807, 2.05) is 11.8 Å². The van der Waals surface area contributed by atoms with Crippen LogP contribution in [0.15, 0.2) is 12.1 Å². The van der Waals surface area contributed by atoms with E-state index in [9.17, 15) is 4.79 Å². The van der Waals surface area contributed by atoms with Crippen LogP contribution in [-0.4, -0.2) is 40.1 Å². The SMILES string of the molecule is CCNc1ccc(C(=O)N2CC(C)CC2C)nn1. The molecule has 1 N–H and O–H groups in total. The Balaban J connectivity index is 2.09. The number of nitrogens with one attached hydrogen (secondary N) is 1. The van der Waals surface area contributed by atoms with Gasteiger partial charge in [0.05, 0.1) is 0 Å². The lowest BCUT2D eigenvalue weighted by atomic mass is 10.1. The van der Waals surface area contributed by atoms with Crippen LogP contribution in [0.2, 0.25) is 0 Å². The number of rotatable bonds is 3. The second-order valence-corrected chi connectivity index (χ2v) is 4.98. The van der Waals surface area contributed by atoms with Crippen molar-refractivity contribution in [3.05, 3.63) is 17.8 Å². The molecule has 1 amide bonds. The molecule has 0 saturated carbocycles. The molecule has 0 bridgehead atoms. The van der Waals surface area contributed by atoms with Gasteiger partial charge in [0.1, 0.15) is 5.82 Å². The topological polar surface area (TPSA) is 58.1 Å². The van der Waals surface area contributed by atoms with Crippen LogP contribution >= 0.6 is 0 Å². The molecule has 5 heteroatoms. The van der Waals surface area contributed by atoms with Crippen LogP contribution in [0.3, 0.4) is 0 Å². The summed E-state index contributed by atoms with van der Waals surface area (Å²) < 4.78 is 0. The van der Waals surface area contributed by atoms with Crippen LogP contribution in [0.25, 0.3) is 0 Å². The number of hydrogen-bond donors (Lipinski definition) is 1. The van der Waals surface area contributed by atoms with Crippen molar-refractivity contribution in [2.24, 2.45) is 5.92 Å². The maximum absolute atomic E-state index is 12.3. The van der Waals surface area contributed by atoms with Crippen LogP contribution in [0, 0.1) is 5.92 Å². The number of carbonyl (C=O) groups excluding carboxylic acids is 1. The Bertz CT molecular complexity index is 418. The Morgan fingerprint density at radius 3 is 2.72 bits per heavy atom. The highest BCUT2D eigenvalue weighted by atomic mass is 16.2. The molecular formula is C13H20N4O. The highest BCUT2D eigenvalue weighted by molar-refractivity contribution is 5.92. The van der Waals surface area contributed by atoms with Crippen molar-refractivity contribution in [2.75, 3.05) is 18.4 Å². The zero-order chi connectivity index (χ0) is 13.1. The highest BCUT2D eigenvalue weighted by Gasteiger charge is 2.31. The average molecular weight is 248 g/mol. The summed E-state index contributed by atoms with van der Waals surface area (Å²) in [5.41, 5.74) is 0.428. The van der Waals surface area contributed by atoms with Crippen LogP contribution in [0.5, 0.6) is 0 Å². The predicted molar refractivity (Wildman–Crippen MR) is 70.5 cm³/mol. The van der Waals surface area contributed by atoms with E-state index >= 15 is 0 Å². The van der Waals surface area contributed by atoms with Gasteiger partial charge in [-0.1, -0.05) is 6.92 Å². The molecule has 2 heterocycles. The molecule has 1 aliphatic rings. The molecule has 0 aliphatic carbocycles. The summed E-state index contributed by atoms with van der Waals surface area (Å²) in [6.07, 6.45) is 1.06. The van der Waals surface area contributed by atoms with Crippen molar-refractivity contribution < 1.29 is 4.79 Å². The van der Waals surface area contributed by atoms with E-state index in [-0.39, 0.29) is 5.91 Å². The maximum atomic E-state index is 12.3. The normalized spacial score (nSPS) is 23.2. The van der Waals surface area contributed by atoms with Crippen molar-refractivity contribution in [3.8, 4) is 0 Å². The van der Waals surface area contributed by atoms with Crippen LogP contribution < -0.4 is 5.32 Å². The number of amides is 1. The second kappa shape index (κ2) is 5.33. The lowest BCUT2D eigenvalue weighted by Crippen LogP contribution is -2.34. The van der Waals surface area contributed by atoms with Crippen LogP contribution in [0.4, 0.5) is 5.82 Å². The fraction of sp³-hybridized carbons (Fsp3) is 0.615. The standard InChI is InChI=1S/C13H20N4O/c1-4-14-12-6-5-11(15-16-12)13(18)17-8-9(2)7-10(17)3/h5-6,9-10H,4,7-8H2,1-3H3,(H,14,16). The van der Waals surface area contributed by atoms with Gasteiger partial charge in [0.2, 0.25) is 0 Å². The first-order valence-electron chi connectivity index (χ1n) is 6.50. The lowest BCUT2D eigenvalue weighted by Gasteiger charge is -2.20. The first kappa shape index (κ1) is 12.8. The van der Waals surface area contributed by atoms with Gasteiger partial charge in [-0.05, 0) is 38.3 Å². The quantitative estimate of drug-likeness (QED) is 0.885. The Hall–Kier alpha value is -1.65. The Kier molecular flexibility index (Phi) is 3.79. The third-order valence-corrected chi connectivity index (χ3v) is 3.29. The van der Waals surface area contributed by atoms with Crippen molar-refractivity contribution in [1.82, 2.24) is 15.1 Å². The number of hydrogen-bond acceptors (Lipinski definition) is 4. The lowest BCUT2D eigenvalue weighted by molar-refractivity contribution is 0.0736. The van der Waals surface area contributed by atoms with Crippen molar-refractivity contribution in [3.63, 3.8) is 0 Å². The predicted octanol–water partition coefficient (Wildman–Crippen LogP) is 1.78. The van der Waals surface area contributed by atoms with Gasteiger partial charge < -0.3 is 10.2 Å². The third kappa shape index (κ3) is 2.60. The maximum Gasteiger partial charge on any atom is 0.274 e. The molecular weight excluding hydrogens is 228 g/mol. The molecule has 2 atom stereocenters. The van der Waals surface area contributed by atoms with E-state index in [0.29, 0.717) is 23.5 Å². The van der Waals surface area contributed by atoms with E-state index in [0.717, 1.165) is 19.5 Å². The van der Waals surface area contributed by atoms with Crippen molar-refractivity contribution in [2.45, 2.75) is 33.2 Å². The van der Waals surface area contributed by atoms with Crippen LogP contribution in [-0.2, 0) is 0 Å². The smallest absolute Gasteiger partial charge is 0.274 e. The summed E-state index contributed by atoms with van der Waals surface area (Å²) in [5, 5.41) is 11.1. The molecule has 1 fully saturated rings. The van der Waals surface area contributed by atoms with Gasteiger partial charge in [0.15, 0.2) is 5.69 Å². The number of anilines is 1. The van der Waals surface area contributed by atoms with Crippen molar-refractivity contribution in [1.29, 1.82) is 0 Å². The van der Waals surface area contributed by atoms with E-state index in [1.54, 1.807) is 12.1 Å². The molecule has 0 spiro atoms. The fourth-order valence-electron chi connectivity index (χ4n) is 2.45. The minimum Gasteiger partial charge on any atom is -0.369 e. The molecule has 18 heavy (non-hydrogen) atoms. The van der Waals surface area contributed by atoms with E-state index in [1.165, 1.54) is 0 Å². The summed E-state index contributed by atoms with van der Waals surface area (Å²) in [5.74, 6) is 1.26. The first-order valence-corrected chi connectivity index (χ1v) is 6.50. The largest absolute Gasteiger partial charge is 0.369 e. The minimum atomic E-state index is -0.0117. The Morgan fingerprint density at radius 1 is 1.44 bits per heavy atom. The molecule has 1 aromatic heterocycles. The van der Waals surface area contributed by atoms with E-state index in [4.69, 9.17) is 0 Å². The van der Waals surface area contributed by atoms with Gasteiger partial charge in [0.25, 0.3) is 5.91 Å². The van der Waals surface area contributed by atoms with Crippen molar-refractivity contribution >= 4 is 11.7 Å². The molecule has 98 valence electrons. The van der Waals surface area contributed by atoms with E-state index in [2.05, 4.69) is 29.4 Å². The summed E-state index contributed by atoms with van der Waals surface area (Å²) in [4.78, 5) is 14.2. The number of carbonyl (C=O) groups is 1. The Labute approximate surface area is 108 Å². The molecule has 1 aliphatic heterocycles. The van der Waals surface area contributed by atoms with Gasteiger partial charge in [-0.25, -0.2) is 0 Å². The number of aromatic nitrogens is 2. The second-order valence-electron chi connectivity index (χ2n) is 4.98. The number of likely N-dealkylation sites (tertiary alicyclic amines) is 1.